The summed E-state index contributed by atoms with van der Waals surface area (Å²) in [4.78, 5) is -0.0436. The van der Waals surface area contributed by atoms with Crippen LogP contribution in [-0.4, -0.2) is 26.5 Å². The van der Waals surface area contributed by atoms with Crippen LogP contribution in [-0.2, 0) is 10.0 Å². The number of hydrogen-bond donors (Lipinski definition) is 2. The summed E-state index contributed by atoms with van der Waals surface area (Å²) in [7, 11) is -3.67. The molecule has 0 aliphatic rings. The Hall–Kier alpha value is -1.49. The van der Waals surface area contributed by atoms with E-state index >= 15 is 0 Å². The number of benzene rings is 1. The number of anilines is 1. The number of nitrogen functional groups attached to an aromatic ring is 1. The van der Waals surface area contributed by atoms with Gasteiger partial charge in [0.1, 0.15) is 6.07 Å². The van der Waals surface area contributed by atoms with Gasteiger partial charge in [-0.2, -0.15) is 17.0 Å². The maximum atomic E-state index is 12.0. The summed E-state index contributed by atoms with van der Waals surface area (Å²) in [5.41, 5.74) is 5.93. The van der Waals surface area contributed by atoms with E-state index < -0.39 is 10.0 Å². The molecule has 7 heteroatoms. The fraction of sp³-hybridized carbons (Fsp3) is 0.250. The van der Waals surface area contributed by atoms with Gasteiger partial charge in [0, 0.05) is 23.7 Å². The molecule has 1 rings (SSSR count). The molecule has 102 valence electrons. The molecule has 0 saturated heterocycles. The van der Waals surface area contributed by atoms with E-state index in [2.05, 4.69) is 11.3 Å². The van der Waals surface area contributed by atoms with Crippen LogP contribution in [0.25, 0.3) is 0 Å². The lowest BCUT2D eigenvalue weighted by molar-refractivity contribution is 0.584. The van der Waals surface area contributed by atoms with Crippen molar-refractivity contribution in [2.24, 2.45) is 0 Å². The molecule has 0 aromatic heterocycles. The highest BCUT2D eigenvalue weighted by molar-refractivity contribution is 7.99. The van der Waals surface area contributed by atoms with Crippen LogP contribution in [0.2, 0.25) is 0 Å². The van der Waals surface area contributed by atoms with Crippen molar-refractivity contribution in [2.45, 2.75) is 4.90 Å². The van der Waals surface area contributed by atoms with Gasteiger partial charge in [-0.05, 0) is 18.2 Å². The van der Waals surface area contributed by atoms with Crippen LogP contribution in [0.1, 0.15) is 5.56 Å². The van der Waals surface area contributed by atoms with Crippen molar-refractivity contribution in [2.75, 3.05) is 23.8 Å². The summed E-state index contributed by atoms with van der Waals surface area (Å²) < 4.78 is 26.5. The van der Waals surface area contributed by atoms with Gasteiger partial charge in [0.2, 0.25) is 10.0 Å². The van der Waals surface area contributed by atoms with Crippen LogP contribution in [0.4, 0.5) is 5.69 Å². The fourth-order valence-electron chi connectivity index (χ4n) is 1.36. The second-order valence-electron chi connectivity index (χ2n) is 3.63. The van der Waals surface area contributed by atoms with Gasteiger partial charge in [-0.15, -0.1) is 6.58 Å². The van der Waals surface area contributed by atoms with Crippen molar-refractivity contribution in [3.8, 4) is 6.07 Å². The smallest absolute Gasteiger partial charge is 0.241 e. The zero-order valence-corrected chi connectivity index (χ0v) is 11.9. The average Bonchev–Trinajstić information content (AvgIpc) is 2.38. The Labute approximate surface area is 117 Å². The SMILES string of the molecule is C=CCSCCNS(=O)(=O)c1ccc(N)cc1C#N. The molecule has 3 N–H and O–H groups in total. The molecule has 0 saturated carbocycles. The molecular formula is C12H15N3O2S2. The standard InChI is InChI=1S/C12H15N3O2S2/c1-2-6-18-7-5-15-19(16,17)12-4-3-11(14)8-10(12)9-13/h2-4,8,15H,1,5-7,14H2. The quantitative estimate of drug-likeness (QED) is 0.450. The number of rotatable bonds is 7. The highest BCUT2D eigenvalue weighted by Gasteiger charge is 2.18. The first-order valence-electron chi connectivity index (χ1n) is 5.49. The van der Waals surface area contributed by atoms with E-state index in [-0.39, 0.29) is 10.5 Å². The van der Waals surface area contributed by atoms with Crippen LogP contribution >= 0.6 is 11.8 Å². The molecule has 0 atom stereocenters. The number of nitriles is 1. The fourth-order valence-corrected chi connectivity index (χ4v) is 3.24. The molecule has 0 aliphatic heterocycles. The number of hydrogen-bond acceptors (Lipinski definition) is 5. The second-order valence-corrected chi connectivity index (χ2v) is 6.51. The predicted octanol–water partition coefficient (Wildman–Crippen LogP) is 1.34. The molecule has 0 amide bonds. The van der Waals surface area contributed by atoms with Crippen LogP contribution in [0.3, 0.4) is 0 Å². The van der Waals surface area contributed by atoms with E-state index in [4.69, 9.17) is 11.0 Å². The lowest BCUT2D eigenvalue weighted by Crippen LogP contribution is -2.26. The first kappa shape index (κ1) is 15.6. The van der Waals surface area contributed by atoms with E-state index in [0.29, 0.717) is 18.0 Å². The van der Waals surface area contributed by atoms with Crippen LogP contribution in [0.5, 0.6) is 0 Å². The Morgan fingerprint density at radius 1 is 1.53 bits per heavy atom. The third-order valence-electron chi connectivity index (χ3n) is 2.19. The minimum atomic E-state index is -3.67. The van der Waals surface area contributed by atoms with Gasteiger partial charge in [0.05, 0.1) is 10.5 Å². The molecule has 0 bridgehead atoms. The van der Waals surface area contributed by atoms with Crippen molar-refractivity contribution in [1.29, 1.82) is 5.26 Å². The number of nitrogens with two attached hydrogens (primary N) is 1. The van der Waals surface area contributed by atoms with Gasteiger partial charge >= 0.3 is 0 Å². The van der Waals surface area contributed by atoms with Gasteiger partial charge in [-0.3, -0.25) is 0 Å². The van der Waals surface area contributed by atoms with E-state index in [9.17, 15) is 8.42 Å². The lowest BCUT2D eigenvalue weighted by atomic mass is 10.2. The Balaban J connectivity index is 2.78. The third-order valence-corrected chi connectivity index (χ3v) is 4.67. The van der Waals surface area contributed by atoms with E-state index in [1.165, 1.54) is 18.2 Å². The van der Waals surface area contributed by atoms with Gasteiger partial charge < -0.3 is 5.73 Å². The van der Waals surface area contributed by atoms with Gasteiger partial charge in [0.25, 0.3) is 0 Å². The molecule has 1 aromatic carbocycles. The Kier molecular flexibility index (Phi) is 5.89. The summed E-state index contributed by atoms with van der Waals surface area (Å²) in [6.07, 6.45) is 1.76. The van der Waals surface area contributed by atoms with Crippen molar-refractivity contribution in [3.63, 3.8) is 0 Å². The highest BCUT2D eigenvalue weighted by Crippen LogP contribution is 2.17. The van der Waals surface area contributed by atoms with Crippen LogP contribution in [0.15, 0.2) is 35.7 Å². The van der Waals surface area contributed by atoms with Crippen LogP contribution in [0, 0.1) is 11.3 Å². The number of sulfonamides is 1. The maximum absolute atomic E-state index is 12.0. The normalized spacial score (nSPS) is 10.9. The van der Waals surface area contributed by atoms with Crippen molar-refractivity contribution < 1.29 is 8.42 Å². The predicted molar refractivity (Wildman–Crippen MR) is 78.3 cm³/mol. The molecule has 0 fully saturated rings. The third kappa shape index (κ3) is 4.59. The second kappa shape index (κ2) is 7.19. The molecule has 19 heavy (non-hydrogen) atoms. The number of nitrogens with one attached hydrogen (secondary N) is 1. The number of nitrogens with zero attached hydrogens (tertiary/aromatic N) is 1. The van der Waals surface area contributed by atoms with E-state index in [0.717, 1.165) is 5.75 Å². The molecule has 0 aliphatic carbocycles. The summed E-state index contributed by atoms with van der Waals surface area (Å²) in [6.45, 7) is 3.88. The Bertz CT molecular complexity index is 591. The van der Waals surface area contributed by atoms with Crippen molar-refractivity contribution in [1.82, 2.24) is 4.72 Å². The van der Waals surface area contributed by atoms with Crippen molar-refractivity contribution in [3.05, 3.63) is 36.4 Å². The first-order chi connectivity index (χ1) is 9.01. The van der Waals surface area contributed by atoms with E-state index in [1.807, 2.05) is 6.07 Å². The monoisotopic (exact) mass is 297 g/mol. The van der Waals surface area contributed by atoms with Gasteiger partial charge in [0.15, 0.2) is 0 Å². The summed E-state index contributed by atoms with van der Waals surface area (Å²) in [5.74, 6) is 1.41. The molecule has 1 aromatic rings. The van der Waals surface area contributed by atoms with Crippen molar-refractivity contribution >= 4 is 27.5 Å². The molecule has 0 spiro atoms. The molecule has 0 radical (unpaired) electrons. The minimum Gasteiger partial charge on any atom is -0.399 e. The molecule has 0 unspecified atom stereocenters. The zero-order valence-electron chi connectivity index (χ0n) is 10.3. The molecule has 5 nitrogen and oxygen atoms in total. The van der Waals surface area contributed by atoms with Crippen LogP contribution < -0.4 is 10.5 Å². The number of thioether (sulfide) groups is 1. The van der Waals surface area contributed by atoms with Gasteiger partial charge in [-0.25, -0.2) is 13.1 Å². The van der Waals surface area contributed by atoms with Gasteiger partial charge in [-0.1, -0.05) is 6.08 Å². The highest BCUT2D eigenvalue weighted by atomic mass is 32.2. The molecule has 0 heterocycles. The maximum Gasteiger partial charge on any atom is 0.241 e. The van der Waals surface area contributed by atoms with E-state index in [1.54, 1.807) is 17.8 Å². The summed E-state index contributed by atoms with van der Waals surface area (Å²) >= 11 is 1.57. The Morgan fingerprint density at radius 3 is 2.89 bits per heavy atom. The minimum absolute atomic E-state index is 0.0436. The first-order valence-corrected chi connectivity index (χ1v) is 8.13. The zero-order chi connectivity index (χ0) is 14.3. The largest absolute Gasteiger partial charge is 0.399 e. The Morgan fingerprint density at radius 2 is 2.26 bits per heavy atom. The topological polar surface area (TPSA) is 96.0 Å². The molecular weight excluding hydrogens is 282 g/mol. The average molecular weight is 297 g/mol. The lowest BCUT2D eigenvalue weighted by Gasteiger charge is -2.08. The summed E-state index contributed by atoms with van der Waals surface area (Å²) in [6, 6.07) is 5.98. The summed E-state index contributed by atoms with van der Waals surface area (Å²) in [5, 5.41) is 8.93.